The van der Waals surface area contributed by atoms with Crippen molar-refractivity contribution in [2.45, 2.75) is 13.0 Å². The number of rotatable bonds is 1. The van der Waals surface area contributed by atoms with Crippen LogP contribution in [-0.4, -0.2) is 18.2 Å². The summed E-state index contributed by atoms with van der Waals surface area (Å²) >= 11 is 0. The minimum Gasteiger partial charge on any atom is -0.382 e. The van der Waals surface area contributed by atoms with Crippen molar-refractivity contribution in [3.8, 4) is 0 Å². The molecule has 0 aromatic carbocycles. The SMILES string of the molecule is CC1C=NOC1C(N)=O. The van der Waals surface area contributed by atoms with E-state index in [-0.39, 0.29) is 5.92 Å². The van der Waals surface area contributed by atoms with Gasteiger partial charge >= 0.3 is 0 Å². The molecule has 0 aliphatic carbocycles. The summed E-state index contributed by atoms with van der Waals surface area (Å²) in [6.45, 7) is 1.83. The maximum absolute atomic E-state index is 10.4. The van der Waals surface area contributed by atoms with E-state index in [0.717, 1.165) is 0 Å². The predicted molar refractivity (Wildman–Crippen MR) is 31.7 cm³/mol. The Hall–Kier alpha value is -1.06. The highest BCUT2D eigenvalue weighted by Gasteiger charge is 2.27. The van der Waals surface area contributed by atoms with Gasteiger partial charge in [0.1, 0.15) is 0 Å². The Bertz CT molecular complexity index is 155. The predicted octanol–water partition coefficient (Wildman–Crippen LogP) is -0.508. The van der Waals surface area contributed by atoms with Crippen LogP contribution in [0.4, 0.5) is 0 Å². The zero-order valence-electron chi connectivity index (χ0n) is 5.07. The smallest absolute Gasteiger partial charge is 0.262 e. The fourth-order valence-electron chi connectivity index (χ4n) is 0.682. The van der Waals surface area contributed by atoms with Crippen molar-refractivity contribution in [2.24, 2.45) is 16.8 Å². The Morgan fingerprint density at radius 3 is 2.78 bits per heavy atom. The van der Waals surface area contributed by atoms with E-state index in [4.69, 9.17) is 5.73 Å². The quantitative estimate of drug-likeness (QED) is 0.517. The van der Waals surface area contributed by atoms with Gasteiger partial charge in [-0.05, 0) is 0 Å². The molecule has 0 saturated carbocycles. The first-order valence-electron chi connectivity index (χ1n) is 2.70. The molecule has 1 amide bonds. The second-order valence-electron chi connectivity index (χ2n) is 2.04. The van der Waals surface area contributed by atoms with Crippen LogP contribution in [0.2, 0.25) is 0 Å². The molecule has 1 heterocycles. The van der Waals surface area contributed by atoms with Crippen molar-refractivity contribution >= 4 is 12.1 Å². The van der Waals surface area contributed by atoms with Crippen molar-refractivity contribution in [2.75, 3.05) is 0 Å². The highest BCUT2D eigenvalue weighted by molar-refractivity contribution is 5.84. The van der Waals surface area contributed by atoms with Gasteiger partial charge < -0.3 is 10.6 Å². The summed E-state index contributed by atoms with van der Waals surface area (Å²) in [6.07, 6.45) is 1.01. The molecule has 1 aliphatic rings. The average molecular weight is 128 g/mol. The number of hydrogen-bond acceptors (Lipinski definition) is 3. The molecule has 2 N–H and O–H groups in total. The topological polar surface area (TPSA) is 64.7 Å². The molecule has 0 radical (unpaired) electrons. The third-order valence-corrected chi connectivity index (χ3v) is 1.23. The van der Waals surface area contributed by atoms with Gasteiger partial charge in [0.25, 0.3) is 5.91 Å². The lowest BCUT2D eigenvalue weighted by atomic mass is 10.1. The van der Waals surface area contributed by atoms with Crippen molar-refractivity contribution in [3.63, 3.8) is 0 Å². The molecule has 0 bridgehead atoms. The van der Waals surface area contributed by atoms with Gasteiger partial charge in [-0.15, -0.1) is 0 Å². The van der Waals surface area contributed by atoms with E-state index in [1.807, 2.05) is 6.92 Å². The number of nitrogens with two attached hydrogens (primary N) is 1. The Morgan fingerprint density at radius 2 is 2.56 bits per heavy atom. The summed E-state index contributed by atoms with van der Waals surface area (Å²) in [5.41, 5.74) is 4.94. The van der Waals surface area contributed by atoms with Crippen LogP contribution in [0, 0.1) is 5.92 Å². The molecular formula is C5H8N2O2. The van der Waals surface area contributed by atoms with Crippen molar-refractivity contribution in [1.29, 1.82) is 0 Å². The van der Waals surface area contributed by atoms with Gasteiger partial charge in [-0.2, -0.15) is 0 Å². The second-order valence-corrected chi connectivity index (χ2v) is 2.04. The van der Waals surface area contributed by atoms with E-state index < -0.39 is 12.0 Å². The highest BCUT2D eigenvalue weighted by atomic mass is 16.6. The van der Waals surface area contributed by atoms with Gasteiger partial charge in [-0.1, -0.05) is 12.1 Å². The Kier molecular flexibility index (Phi) is 1.38. The molecule has 1 aliphatic heterocycles. The molecule has 2 atom stereocenters. The number of carbonyl (C=O) groups excluding carboxylic acids is 1. The van der Waals surface area contributed by atoms with E-state index in [2.05, 4.69) is 9.99 Å². The molecule has 0 aromatic heterocycles. The zero-order valence-corrected chi connectivity index (χ0v) is 5.07. The van der Waals surface area contributed by atoms with Crippen molar-refractivity contribution in [1.82, 2.24) is 0 Å². The molecule has 4 nitrogen and oxygen atoms in total. The van der Waals surface area contributed by atoms with E-state index in [1.54, 1.807) is 6.21 Å². The molecule has 2 unspecified atom stereocenters. The Morgan fingerprint density at radius 1 is 1.89 bits per heavy atom. The molecular weight excluding hydrogens is 120 g/mol. The summed E-state index contributed by atoms with van der Waals surface area (Å²) in [5.74, 6) is -0.442. The Labute approximate surface area is 52.7 Å². The lowest BCUT2D eigenvalue weighted by Gasteiger charge is -2.05. The van der Waals surface area contributed by atoms with Crippen LogP contribution in [0.3, 0.4) is 0 Å². The highest BCUT2D eigenvalue weighted by Crippen LogP contribution is 2.10. The largest absolute Gasteiger partial charge is 0.382 e. The van der Waals surface area contributed by atoms with Crippen LogP contribution < -0.4 is 5.73 Å². The van der Waals surface area contributed by atoms with E-state index in [0.29, 0.717) is 0 Å². The molecule has 4 heteroatoms. The minimum atomic E-state index is -0.551. The number of hydrogen-bond donors (Lipinski definition) is 1. The molecule has 0 fully saturated rings. The summed E-state index contributed by atoms with van der Waals surface area (Å²) in [5, 5.41) is 3.44. The maximum Gasteiger partial charge on any atom is 0.262 e. The summed E-state index contributed by atoms with van der Waals surface area (Å²) < 4.78 is 0. The van der Waals surface area contributed by atoms with Gasteiger partial charge in [0.15, 0.2) is 0 Å². The molecule has 9 heavy (non-hydrogen) atoms. The molecule has 0 saturated heterocycles. The molecule has 1 rings (SSSR count). The molecule has 0 spiro atoms. The number of amides is 1. The first-order valence-corrected chi connectivity index (χ1v) is 2.70. The van der Waals surface area contributed by atoms with Crippen molar-refractivity contribution in [3.05, 3.63) is 0 Å². The molecule has 50 valence electrons. The normalized spacial score (nSPS) is 32.1. The van der Waals surface area contributed by atoms with Crippen LogP contribution in [0.5, 0.6) is 0 Å². The Balaban J connectivity index is 2.55. The number of oxime groups is 1. The van der Waals surface area contributed by atoms with Crippen LogP contribution in [0.1, 0.15) is 6.92 Å². The van der Waals surface area contributed by atoms with Gasteiger partial charge in [0.05, 0.1) is 6.21 Å². The third-order valence-electron chi connectivity index (χ3n) is 1.23. The van der Waals surface area contributed by atoms with Gasteiger partial charge in [-0.25, -0.2) is 0 Å². The average Bonchev–Trinajstić information content (AvgIpc) is 2.13. The third kappa shape index (κ3) is 1.01. The number of nitrogens with zero attached hydrogens (tertiary/aromatic N) is 1. The minimum absolute atomic E-state index is 0.0162. The number of carbonyl (C=O) groups is 1. The van der Waals surface area contributed by atoms with E-state index >= 15 is 0 Å². The van der Waals surface area contributed by atoms with Gasteiger partial charge in [0, 0.05) is 5.92 Å². The van der Waals surface area contributed by atoms with E-state index in [1.165, 1.54) is 0 Å². The maximum atomic E-state index is 10.4. The van der Waals surface area contributed by atoms with Crippen molar-refractivity contribution < 1.29 is 9.63 Å². The zero-order chi connectivity index (χ0) is 6.85. The fourth-order valence-corrected chi connectivity index (χ4v) is 0.682. The second kappa shape index (κ2) is 2.05. The van der Waals surface area contributed by atoms with Gasteiger partial charge in [-0.3, -0.25) is 4.79 Å². The number of primary amides is 1. The van der Waals surface area contributed by atoms with Crippen LogP contribution in [-0.2, 0) is 9.63 Å². The van der Waals surface area contributed by atoms with E-state index in [9.17, 15) is 4.79 Å². The summed E-state index contributed by atoms with van der Waals surface area (Å²) in [4.78, 5) is 15.1. The summed E-state index contributed by atoms with van der Waals surface area (Å²) in [7, 11) is 0. The first kappa shape index (κ1) is 6.07. The summed E-state index contributed by atoms with van der Waals surface area (Å²) in [6, 6.07) is 0. The van der Waals surface area contributed by atoms with Crippen LogP contribution in [0.25, 0.3) is 0 Å². The molecule has 0 aromatic rings. The fraction of sp³-hybridized carbons (Fsp3) is 0.600. The monoisotopic (exact) mass is 128 g/mol. The van der Waals surface area contributed by atoms with Gasteiger partial charge in [0.2, 0.25) is 6.10 Å². The van der Waals surface area contributed by atoms with Crippen LogP contribution in [0.15, 0.2) is 5.16 Å². The first-order chi connectivity index (χ1) is 4.22. The lowest BCUT2D eigenvalue weighted by molar-refractivity contribution is -0.129. The van der Waals surface area contributed by atoms with Crippen LogP contribution >= 0.6 is 0 Å². The lowest BCUT2D eigenvalue weighted by Crippen LogP contribution is -2.32. The standard InChI is InChI=1S/C5H8N2O2/c1-3-2-7-9-4(3)5(6)8/h2-4H,1H3,(H2,6,8).